The van der Waals surface area contributed by atoms with Crippen molar-refractivity contribution < 1.29 is 17.2 Å². The molecular weight excluding hydrogens is 333 g/mol. The maximum absolute atomic E-state index is 13.3. The van der Waals surface area contributed by atoms with Crippen molar-refractivity contribution in [3.8, 4) is 11.5 Å². The highest BCUT2D eigenvalue weighted by molar-refractivity contribution is 7.92. The summed E-state index contributed by atoms with van der Waals surface area (Å²) in [6.07, 6.45) is 0. The van der Waals surface area contributed by atoms with E-state index in [1.165, 1.54) is 24.3 Å². The average Bonchev–Trinajstić information content (AvgIpc) is 3.09. The van der Waals surface area contributed by atoms with Crippen LogP contribution in [0.2, 0.25) is 0 Å². The maximum Gasteiger partial charge on any atom is 0.265 e. The Labute approximate surface area is 138 Å². The zero-order chi connectivity index (χ0) is 17.5. The highest BCUT2D eigenvalue weighted by Crippen LogP contribution is 2.29. The summed E-state index contributed by atoms with van der Waals surface area (Å²) in [5, 5.41) is 6.83. The molecule has 0 aliphatic rings. The van der Waals surface area contributed by atoms with Crippen LogP contribution in [0, 0.1) is 26.6 Å². The highest BCUT2D eigenvalue weighted by Gasteiger charge is 2.23. The fourth-order valence-corrected chi connectivity index (χ4v) is 3.55. The molecule has 0 aliphatic heterocycles. The quantitative estimate of drug-likeness (QED) is 0.754. The van der Waals surface area contributed by atoms with Crippen molar-refractivity contribution in [2.75, 3.05) is 4.72 Å². The number of sulfonamides is 1. The third-order valence-corrected chi connectivity index (χ3v) is 5.02. The van der Waals surface area contributed by atoms with E-state index in [9.17, 15) is 12.8 Å². The number of aromatic amines is 1. The van der Waals surface area contributed by atoms with Gasteiger partial charge in [-0.15, -0.1) is 0 Å². The Kier molecular flexibility index (Phi) is 3.92. The summed E-state index contributed by atoms with van der Waals surface area (Å²) in [6, 6.07) is 7.19. The number of hydrogen-bond acceptors (Lipinski definition) is 4. The lowest BCUT2D eigenvalue weighted by atomic mass is 10.2. The second-order valence-electron chi connectivity index (χ2n) is 5.54. The Morgan fingerprint density at radius 2 is 1.92 bits per heavy atom. The zero-order valence-corrected chi connectivity index (χ0v) is 14.2. The Morgan fingerprint density at radius 3 is 2.54 bits per heavy atom. The van der Waals surface area contributed by atoms with Gasteiger partial charge in [0.25, 0.3) is 10.0 Å². The minimum absolute atomic E-state index is 0.0140. The van der Waals surface area contributed by atoms with Crippen LogP contribution in [0.25, 0.3) is 11.5 Å². The van der Waals surface area contributed by atoms with Gasteiger partial charge in [-0.25, -0.2) is 12.8 Å². The fraction of sp³-hybridized carbons (Fsp3) is 0.188. The van der Waals surface area contributed by atoms with E-state index in [4.69, 9.17) is 4.42 Å². The van der Waals surface area contributed by atoms with E-state index in [2.05, 4.69) is 14.9 Å². The molecule has 0 radical (unpaired) electrons. The van der Waals surface area contributed by atoms with Gasteiger partial charge in [0.1, 0.15) is 22.2 Å². The highest BCUT2D eigenvalue weighted by atomic mass is 32.2. The molecule has 2 heterocycles. The number of hydrogen-bond donors (Lipinski definition) is 2. The molecule has 24 heavy (non-hydrogen) atoms. The lowest BCUT2D eigenvalue weighted by Gasteiger charge is -2.08. The van der Waals surface area contributed by atoms with E-state index in [1.54, 1.807) is 19.9 Å². The Balaban J connectivity index is 1.95. The first-order valence-corrected chi connectivity index (χ1v) is 8.66. The molecule has 0 saturated heterocycles. The largest absolute Gasteiger partial charge is 0.458 e. The predicted molar refractivity (Wildman–Crippen MR) is 87.7 cm³/mol. The first-order valence-electron chi connectivity index (χ1n) is 7.18. The zero-order valence-electron chi connectivity index (χ0n) is 13.3. The number of aromatic nitrogens is 2. The molecule has 2 N–H and O–H groups in total. The Hall–Kier alpha value is -2.61. The van der Waals surface area contributed by atoms with Crippen LogP contribution in [0.3, 0.4) is 0 Å². The van der Waals surface area contributed by atoms with Crippen molar-refractivity contribution in [2.45, 2.75) is 25.7 Å². The SMILES string of the molecule is Cc1cc(-c2cc(S(=O)(=O)Nc3ccc(F)c(C)c3)c(C)o2)n[nH]1. The maximum atomic E-state index is 13.3. The number of anilines is 1. The summed E-state index contributed by atoms with van der Waals surface area (Å²) >= 11 is 0. The molecule has 0 fully saturated rings. The summed E-state index contributed by atoms with van der Waals surface area (Å²) < 4.78 is 46.4. The van der Waals surface area contributed by atoms with E-state index in [0.717, 1.165) is 5.69 Å². The van der Waals surface area contributed by atoms with Gasteiger partial charge in [-0.3, -0.25) is 9.82 Å². The normalized spacial score (nSPS) is 11.7. The van der Waals surface area contributed by atoms with Gasteiger partial charge in [0, 0.05) is 17.4 Å². The van der Waals surface area contributed by atoms with Crippen molar-refractivity contribution in [2.24, 2.45) is 0 Å². The van der Waals surface area contributed by atoms with Crippen LogP contribution in [0.15, 0.2) is 39.6 Å². The number of nitrogens with one attached hydrogen (secondary N) is 2. The van der Waals surface area contributed by atoms with Crippen LogP contribution in [0.1, 0.15) is 17.0 Å². The van der Waals surface area contributed by atoms with Crippen molar-refractivity contribution in [3.63, 3.8) is 0 Å². The standard InChI is InChI=1S/C16H16FN3O3S/c1-9-6-12(4-5-13(9)17)20-24(21,22)16-8-15(23-11(16)3)14-7-10(2)18-19-14/h4-8,20H,1-3H3,(H,18,19). The fourth-order valence-electron chi connectivity index (χ4n) is 2.32. The molecule has 3 rings (SSSR count). The smallest absolute Gasteiger partial charge is 0.265 e. The minimum atomic E-state index is -3.86. The Bertz CT molecular complexity index is 1010. The monoisotopic (exact) mass is 349 g/mol. The van der Waals surface area contributed by atoms with Gasteiger partial charge in [-0.1, -0.05) is 0 Å². The van der Waals surface area contributed by atoms with Gasteiger partial charge in [0.2, 0.25) is 0 Å². The molecule has 8 heteroatoms. The molecule has 0 saturated carbocycles. The third kappa shape index (κ3) is 3.05. The number of H-pyrrole nitrogens is 1. The van der Waals surface area contributed by atoms with Gasteiger partial charge in [-0.05, 0) is 50.6 Å². The molecule has 0 spiro atoms. The molecule has 0 bridgehead atoms. The lowest BCUT2D eigenvalue weighted by molar-refractivity contribution is 0.533. The van der Waals surface area contributed by atoms with Crippen molar-refractivity contribution in [3.05, 3.63) is 53.2 Å². The van der Waals surface area contributed by atoms with E-state index in [-0.39, 0.29) is 16.3 Å². The van der Waals surface area contributed by atoms with Crippen LogP contribution >= 0.6 is 0 Å². The molecule has 2 aromatic heterocycles. The first kappa shape index (κ1) is 16.3. The number of nitrogens with zero attached hydrogens (tertiary/aromatic N) is 1. The molecule has 0 amide bonds. The number of furan rings is 1. The van der Waals surface area contributed by atoms with Crippen LogP contribution in [0.4, 0.5) is 10.1 Å². The van der Waals surface area contributed by atoms with Crippen molar-refractivity contribution >= 4 is 15.7 Å². The number of rotatable bonds is 4. The van der Waals surface area contributed by atoms with Gasteiger partial charge in [0.15, 0.2) is 5.76 Å². The summed E-state index contributed by atoms with van der Waals surface area (Å²) in [5.41, 5.74) is 2.00. The second kappa shape index (κ2) is 5.79. The van der Waals surface area contributed by atoms with Crippen LogP contribution in [-0.4, -0.2) is 18.6 Å². The summed E-state index contributed by atoms with van der Waals surface area (Å²) in [4.78, 5) is 0.0140. The van der Waals surface area contributed by atoms with Crippen LogP contribution in [0.5, 0.6) is 0 Å². The molecule has 126 valence electrons. The first-order chi connectivity index (χ1) is 11.3. The van der Waals surface area contributed by atoms with Gasteiger partial charge < -0.3 is 4.42 Å². The topological polar surface area (TPSA) is 88.0 Å². The summed E-state index contributed by atoms with van der Waals surface area (Å²) in [7, 11) is -3.86. The van der Waals surface area contributed by atoms with Crippen molar-refractivity contribution in [1.29, 1.82) is 0 Å². The molecule has 0 aliphatic carbocycles. The third-order valence-electron chi connectivity index (χ3n) is 3.53. The average molecular weight is 349 g/mol. The van der Waals surface area contributed by atoms with Crippen LogP contribution < -0.4 is 4.72 Å². The number of aryl methyl sites for hydroxylation is 3. The lowest BCUT2D eigenvalue weighted by Crippen LogP contribution is -2.13. The molecular formula is C16H16FN3O3S. The minimum Gasteiger partial charge on any atom is -0.458 e. The molecule has 3 aromatic rings. The second-order valence-corrected chi connectivity index (χ2v) is 7.19. The number of halogens is 1. The summed E-state index contributed by atoms with van der Waals surface area (Å²) in [5.74, 6) is 0.207. The van der Waals surface area contributed by atoms with Crippen LogP contribution in [-0.2, 0) is 10.0 Å². The molecule has 0 unspecified atom stereocenters. The molecule has 1 aromatic carbocycles. The molecule has 6 nitrogen and oxygen atoms in total. The summed E-state index contributed by atoms with van der Waals surface area (Å²) in [6.45, 7) is 4.96. The van der Waals surface area contributed by atoms with E-state index < -0.39 is 15.8 Å². The molecule has 0 atom stereocenters. The van der Waals surface area contributed by atoms with Gasteiger partial charge >= 0.3 is 0 Å². The van der Waals surface area contributed by atoms with E-state index in [0.29, 0.717) is 17.0 Å². The van der Waals surface area contributed by atoms with Gasteiger partial charge in [-0.2, -0.15) is 5.10 Å². The number of benzene rings is 1. The van der Waals surface area contributed by atoms with E-state index in [1.807, 2.05) is 6.92 Å². The van der Waals surface area contributed by atoms with E-state index >= 15 is 0 Å². The Morgan fingerprint density at radius 1 is 1.17 bits per heavy atom. The van der Waals surface area contributed by atoms with Crippen molar-refractivity contribution in [1.82, 2.24) is 10.2 Å². The predicted octanol–water partition coefficient (Wildman–Crippen LogP) is 3.53. The van der Waals surface area contributed by atoms with Gasteiger partial charge in [0.05, 0.1) is 0 Å².